The van der Waals surface area contributed by atoms with Gasteiger partial charge >= 0.3 is 5.97 Å². The number of methoxy groups -OCH3 is 1. The van der Waals surface area contributed by atoms with Gasteiger partial charge in [-0.1, -0.05) is 23.5 Å². The summed E-state index contributed by atoms with van der Waals surface area (Å²) in [6.45, 7) is 5.80. The zero-order valence-electron chi connectivity index (χ0n) is 17.7. The average molecular weight is 455 g/mol. The molecule has 4 rings (SSSR count). The minimum atomic E-state index is -0.618. The first-order valence-corrected chi connectivity index (χ1v) is 11.5. The van der Waals surface area contributed by atoms with Crippen molar-refractivity contribution in [2.75, 3.05) is 13.7 Å². The molecule has 6 nitrogen and oxygen atoms in total. The second-order valence-electron chi connectivity index (χ2n) is 7.04. The molecule has 1 atom stereocenters. The monoisotopic (exact) mass is 454 g/mol. The first-order chi connectivity index (χ1) is 14.9. The molecule has 8 heteroatoms. The lowest BCUT2D eigenvalue weighted by Gasteiger charge is -2.24. The van der Waals surface area contributed by atoms with E-state index in [2.05, 4.69) is 4.99 Å². The molecule has 0 spiro atoms. The Morgan fingerprint density at radius 1 is 1.23 bits per heavy atom. The Kier molecular flexibility index (Phi) is 5.93. The van der Waals surface area contributed by atoms with Crippen LogP contribution in [0.3, 0.4) is 0 Å². The molecular weight excluding hydrogens is 432 g/mol. The Labute approximate surface area is 187 Å². The van der Waals surface area contributed by atoms with E-state index in [0.29, 0.717) is 26.4 Å². The van der Waals surface area contributed by atoms with Crippen LogP contribution in [-0.4, -0.2) is 24.3 Å². The number of aryl methyl sites for hydroxylation is 1. The molecule has 0 saturated heterocycles. The van der Waals surface area contributed by atoms with E-state index in [0.717, 1.165) is 16.0 Å². The zero-order chi connectivity index (χ0) is 22.1. The highest BCUT2D eigenvalue weighted by atomic mass is 32.1. The summed E-state index contributed by atoms with van der Waals surface area (Å²) in [6, 6.07) is 8.77. The van der Waals surface area contributed by atoms with Gasteiger partial charge in [-0.25, -0.2) is 9.79 Å². The summed E-state index contributed by atoms with van der Waals surface area (Å²) in [6.07, 6.45) is 1.90. The molecule has 3 heterocycles. The van der Waals surface area contributed by atoms with Crippen molar-refractivity contribution < 1.29 is 14.3 Å². The smallest absolute Gasteiger partial charge is 0.338 e. The van der Waals surface area contributed by atoms with Crippen molar-refractivity contribution >= 4 is 34.7 Å². The van der Waals surface area contributed by atoms with Crippen LogP contribution < -0.4 is 19.6 Å². The molecule has 0 saturated carbocycles. The Hall–Kier alpha value is -2.97. The van der Waals surface area contributed by atoms with Gasteiger partial charge in [-0.3, -0.25) is 9.36 Å². The SMILES string of the molecule is CCOC(=O)C1=C(C)N=c2s/c(=C\c3sccc3C)c(=O)n2C1c1ccc(OC)cc1. The number of carbonyl (C=O) groups is 1. The fraction of sp³-hybridized carbons (Fsp3) is 0.261. The standard InChI is InChI=1S/C23H22N2O4S2/c1-5-29-22(27)19-14(3)24-23-25(20(19)15-6-8-16(28-4)9-7-15)21(26)18(31-23)12-17-13(2)10-11-30-17/h6-12,20H,5H2,1-4H3/b18-12-. The second-order valence-corrected chi connectivity index (χ2v) is 9.00. The molecule has 3 aromatic rings. The van der Waals surface area contributed by atoms with Gasteiger partial charge in [0.1, 0.15) is 5.75 Å². The van der Waals surface area contributed by atoms with E-state index < -0.39 is 12.0 Å². The number of esters is 1. The van der Waals surface area contributed by atoms with Gasteiger partial charge in [0.15, 0.2) is 4.80 Å². The van der Waals surface area contributed by atoms with Gasteiger partial charge in [0.25, 0.3) is 5.56 Å². The Bertz CT molecular complexity index is 1340. The van der Waals surface area contributed by atoms with Gasteiger partial charge in [0.2, 0.25) is 0 Å². The van der Waals surface area contributed by atoms with Gasteiger partial charge in [-0.15, -0.1) is 11.3 Å². The first-order valence-electron chi connectivity index (χ1n) is 9.82. The zero-order valence-corrected chi connectivity index (χ0v) is 19.3. The van der Waals surface area contributed by atoms with Gasteiger partial charge in [0.05, 0.1) is 35.6 Å². The molecule has 1 aliphatic rings. The Morgan fingerprint density at radius 3 is 2.58 bits per heavy atom. The molecule has 2 aromatic heterocycles. The number of fused-ring (bicyclic) bond motifs is 1. The normalized spacial score (nSPS) is 16.1. The number of hydrogen-bond donors (Lipinski definition) is 0. The number of thiophene rings is 1. The Balaban J connectivity index is 1.96. The lowest BCUT2D eigenvalue weighted by atomic mass is 9.96. The highest BCUT2D eigenvalue weighted by Crippen LogP contribution is 2.31. The topological polar surface area (TPSA) is 69.9 Å². The number of carbonyl (C=O) groups excluding carboxylic acids is 1. The van der Waals surface area contributed by atoms with Crippen LogP contribution in [0.25, 0.3) is 6.08 Å². The number of benzene rings is 1. The number of thiazole rings is 1. The van der Waals surface area contributed by atoms with Crippen LogP contribution in [0.2, 0.25) is 0 Å². The van der Waals surface area contributed by atoms with Crippen molar-refractivity contribution in [3.63, 3.8) is 0 Å². The van der Waals surface area contributed by atoms with Gasteiger partial charge in [-0.2, -0.15) is 0 Å². The maximum atomic E-state index is 13.5. The summed E-state index contributed by atoms with van der Waals surface area (Å²) in [5, 5.41) is 2.00. The predicted octanol–water partition coefficient (Wildman–Crippen LogP) is 3.18. The maximum absolute atomic E-state index is 13.5. The van der Waals surface area contributed by atoms with Crippen LogP contribution in [0.15, 0.2) is 56.8 Å². The van der Waals surface area contributed by atoms with Crippen molar-refractivity contribution in [3.8, 4) is 5.75 Å². The van der Waals surface area contributed by atoms with Crippen molar-refractivity contribution in [3.05, 3.63) is 82.7 Å². The van der Waals surface area contributed by atoms with Crippen LogP contribution >= 0.6 is 22.7 Å². The number of hydrogen-bond acceptors (Lipinski definition) is 7. The summed E-state index contributed by atoms with van der Waals surface area (Å²) in [7, 11) is 1.60. The number of nitrogens with zero attached hydrogens (tertiary/aromatic N) is 2. The molecule has 1 aliphatic heterocycles. The van der Waals surface area contributed by atoms with Crippen molar-refractivity contribution in [2.24, 2.45) is 4.99 Å². The average Bonchev–Trinajstić information content (AvgIpc) is 3.30. The highest BCUT2D eigenvalue weighted by Gasteiger charge is 2.33. The van der Waals surface area contributed by atoms with Crippen LogP contribution in [-0.2, 0) is 9.53 Å². The van der Waals surface area contributed by atoms with E-state index in [-0.39, 0.29) is 12.2 Å². The summed E-state index contributed by atoms with van der Waals surface area (Å²) in [5.74, 6) is 0.232. The summed E-state index contributed by atoms with van der Waals surface area (Å²) in [5.41, 5.74) is 2.66. The van der Waals surface area contributed by atoms with E-state index in [9.17, 15) is 9.59 Å². The van der Waals surface area contributed by atoms with Crippen molar-refractivity contribution in [2.45, 2.75) is 26.8 Å². The molecule has 0 bridgehead atoms. The van der Waals surface area contributed by atoms with Crippen LogP contribution in [0, 0.1) is 6.92 Å². The minimum Gasteiger partial charge on any atom is -0.497 e. The third-order valence-electron chi connectivity index (χ3n) is 5.11. The molecule has 0 fully saturated rings. The number of aromatic nitrogens is 1. The van der Waals surface area contributed by atoms with Gasteiger partial charge < -0.3 is 9.47 Å². The largest absolute Gasteiger partial charge is 0.497 e. The van der Waals surface area contributed by atoms with Crippen molar-refractivity contribution in [1.82, 2.24) is 4.57 Å². The number of rotatable bonds is 5. The molecule has 0 amide bonds. The van der Waals surface area contributed by atoms with Gasteiger partial charge in [-0.05, 0) is 61.6 Å². The third kappa shape index (κ3) is 3.88. The number of allylic oxidation sites excluding steroid dienone is 1. The molecule has 1 unspecified atom stereocenters. The molecule has 160 valence electrons. The second kappa shape index (κ2) is 8.64. The quantitative estimate of drug-likeness (QED) is 0.556. The molecule has 0 aliphatic carbocycles. The lowest BCUT2D eigenvalue weighted by molar-refractivity contribution is -0.139. The van der Waals surface area contributed by atoms with E-state index in [1.807, 2.05) is 48.7 Å². The number of ether oxygens (including phenoxy) is 2. The molecule has 31 heavy (non-hydrogen) atoms. The molecule has 1 aromatic carbocycles. The summed E-state index contributed by atoms with van der Waals surface area (Å²) >= 11 is 2.92. The minimum absolute atomic E-state index is 0.174. The Morgan fingerprint density at radius 2 is 1.97 bits per heavy atom. The fourth-order valence-corrected chi connectivity index (χ4v) is 5.51. The first kappa shape index (κ1) is 21.3. The summed E-state index contributed by atoms with van der Waals surface area (Å²) < 4.78 is 12.8. The van der Waals surface area contributed by atoms with Crippen LogP contribution in [0.1, 0.15) is 35.9 Å². The molecule has 0 N–H and O–H groups in total. The third-order valence-corrected chi connectivity index (χ3v) is 7.06. The van der Waals surface area contributed by atoms with E-state index >= 15 is 0 Å². The molecular formula is C23H22N2O4S2. The van der Waals surface area contributed by atoms with Crippen LogP contribution in [0.5, 0.6) is 5.75 Å². The highest BCUT2D eigenvalue weighted by molar-refractivity contribution is 7.11. The predicted molar refractivity (Wildman–Crippen MR) is 122 cm³/mol. The van der Waals surface area contributed by atoms with E-state index in [4.69, 9.17) is 9.47 Å². The summed E-state index contributed by atoms with van der Waals surface area (Å²) in [4.78, 5) is 32.5. The van der Waals surface area contributed by atoms with E-state index in [1.54, 1.807) is 36.9 Å². The van der Waals surface area contributed by atoms with E-state index in [1.165, 1.54) is 11.3 Å². The van der Waals surface area contributed by atoms with Crippen molar-refractivity contribution in [1.29, 1.82) is 0 Å². The molecule has 0 radical (unpaired) electrons. The fourth-order valence-electron chi connectivity index (χ4n) is 3.54. The maximum Gasteiger partial charge on any atom is 0.338 e. The van der Waals surface area contributed by atoms with Crippen LogP contribution in [0.4, 0.5) is 0 Å². The lowest BCUT2D eigenvalue weighted by Crippen LogP contribution is -2.39. The van der Waals surface area contributed by atoms with Gasteiger partial charge in [0, 0.05) is 4.88 Å².